The van der Waals surface area contributed by atoms with Gasteiger partial charge in [0.2, 0.25) is 0 Å². The van der Waals surface area contributed by atoms with Crippen LogP contribution in [0.3, 0.4) is 0 Å². The number of rotatable bonds is 12. The van der Waals surface area contributed by atoms with Crippen molar-refractivity contribution in [2.75, 3.05) is 50.7 Å². The van der Waals surface area contributed by atoms with Crippen molar-refractivity contribution in [3.63, 3.8) is 0 Å². The van der Waals surface area contributed by atoms with Gasteiger partial charge >= 0.3 is 0 Å². The Kier molecular flexibility index (Phi) is 11.1. The third kappa shape index (κ3) is 10.1. The Morgan fingerprint density at radius 2 is 1.21 bits per heavy atom. The molecule has 1 rings (SSSR count). The van der Waals surface area contributed by atoms with E-state index in [-0.39, 0.29) is 0 Å². The molecular weight excluding hydrogens is 359 g/mol. The first-order chi connectivity index (χ1) is 9.43. The number of benzene rings is 1. The second-order valence-electron chi connectivity index (χ2n) is 3.69. The molecule has 1 aromatic rings. The topological polar surface area (TPSA) is 36.9 Å². The van der Waals surface area contributed by atoms with Crippen molar-refractivity contribution in [2.24, 2.45) is 0 Å². The molecule has 0 bridgehead atoms. The summed E-state index contributed by atoms with van der Waals surface area (Å²) in [6.45, 7) is 4.38. The maximum absolute atomic E-state index is 5.49. The summed E-state index contributed by atoms with van der Waals surface area (Å²) in [6.07, 6.45) is 0. The minimum Gasteiger partial charge on any atom is -0.491 e. The summed E-state index contributed by atoms with van der Waals surface area (Å²) in [5.74, 6) is 0.870. The lowest BCUT2D eigenvalue weighted by molar-refractivity contribution is 0.0120. The first kappa shape index (κ1) is 16.7. The molecule has 0 atom stereocenters. The molecule has 0 amide bonds. The fourth-order valence-electron chi connectivity index (χ4n) is 1.33. The van der Waals surface area contributed by atoms with Crippen LogP contribution in [0, 0.1) is 0 Å². The molecule has 0 spiro atoms. The van der Waals surface area contributed by atoms with E-state index in [1.54, 1.807) is 0 Å². The first-order valence-electron chi connectivity index (χ1n) is 6.40. The van der Waals surface area contributed by atoms with Crippen molar-refractivity contribution in [3.8, 4) is 5.75 Å². The highest BCUT2D eigenvalue weighted by atomic mass is 127. The van der Waals surface area contributed by atoms with Crippen molar-refractivity contribution in [1.82, 2.24) is 0 Å². The first-order valence-corrected chi connectivity index (χ1v) is 7.93. The molecule has 0 N–H and O–H groups in total. The quantitative estimate of drug-likeness (QED) is 0.317. The van der Waals surface area contributed by atoms with E-state index in [9.17, 15) is 0 Å². The zero-order chi connectivity index (χ0) is 13.6. The number of hydrogen-bond acceptors (Lipinski definition) is 4. The molecule has 0 unspecified atom stereocenters. The van der Waals surface area contributed by atoms with Gasteiger partial charge in [-0.2, -0.15) is 0 Å². The standard InChI is InChI=1S/C14H21IO4/c15-6-7-16-8-9-17-10-11-18-12-13-19-14-4-2-1-3-5-14/h1-5H,6-13H2. The van der Waals surface area contributed by atoms with Crippen molar-refractivity contribution < 1.29 is 18.9 Å². The van der Waals surface area contributed by atoms with Crippen LogP contribution in [0.15, 0.2) is 30.3 Å². The number of ether oxygens (including phenoxy) is 4. The van der Waals surface area contributed by atoms with Crippen LogP contribution in [-0.4, -0.2) is 50.7 Å². The maximum Gasteiger partial charge on any atom is 0.119 e. The lowest BCUT2D eigenvalue weighted by Gasteiger charge is -2.07. The summed E-state index contributed by atoms with van der Waals surface area (Å²) in [5, 5.41) is 0. The molecular formula is C14H21IO4. The van der Waals surface area contributed by atoms with Crippen LogP contribution in [0.25, 0.3) is 0 Å². The van der Waals surface area contributed by atoms with Gasteiger partial charge in [-0.05, 0) is 12.1 Å². The number of halogens is 1. The van der Waals surface area contributed by atoms with Gasteiger partial charge in [0.1, 0.15) is 12.4 Å². The molecule has 1 aromatic carbocycles. The lowest BCUT2D eigenvalue weighted by Crippen LogP contribution is -2.13. The Labute approximate surface area is 128 Å². The average Bonchev–Trinajstić information content (AvgIpc) is 2.46. The number of para-hydroxylation sites is 1. The summed E-state index contributed by atoms with van der Waals surface area (Å²) >= 11 is 2.28. The van der Waals surface area contributed by atoms with Crippen LogP contribution >= 0.6 is 22.6 Å². The average molecular weight is 380 g/mol. The molecule has 4 nitrogen and oxygen atoms in total. The van der Waals surface area contributed by atoms with Gasteiger partial charge < -0.3 is 18.9 Å². The van der Waals surface area contributed by atoms with Gasteiger partial charge in [0.25, 0.3) is 0 Å². The molecule has 0 saturated heterocycles. The normalized spacial score (nSPS) is 10.6. The third-order valence-corrected chi connectivity index (χ3v) is 2.65. The van der Waals surface area contributed by atoms with Crippen LogP contribution in [-0.2, 0) is 14.2 Å². The smallest absolute Gasteiger partial charge is 0.119 e. The Hall–Kier alpha value is -0.370. The van der Waals surface area contributed by atoms with Crippen LogP contribution in [0.2, 0.25) is 0 Å². The van der Waals surface area contributed by atoms with Gasteiger partial charge in [-0.25, -0.2) is 0 Å². The third-order valence-electron chi connectivity index (χ3n) is 2.21. The summed E-state index contributed by atoms with van der Waals surface area (Å²) in [7, 11) is 0. The van der Waals surface area contributed by atoms with E-state index in [2.05, 4.69) is 22.6 Å². The molecule has 0 saturated carbocycles. The highest BCUT2D eigenvalue weighted by Gasteiger charge is 1.93. The van der Waals surface area contributed by atoms with E-state index in [0.717, 1.165) is 16.8 Å². The number of hydrogen-bond donors (Lipinski definition) is 0. The van der Waals surface area contributed by atoms with E-state index >= 15 is 0 Å². The highest BCUT2D eigenvalue weighted by Crippen LogP contribution is 2.07. The van der Waals surface area contributed by atoms with Gasteiger partial charge in [-0.3, -0.25) is 0 Å². The fourth-order valence-corrected chi connectivity index (χ4v) is 1.64. The van der Waals surface area contributed by atoms with E-state index in [1.807, 2.05) is 30.3 Å². The predicted molar refractivity (Wildman–Crippen MR) is 83.3 cm³/mol. The van der Waals surface area contributed by atoms with E-state index in [4.69, 9.17) is 18.9 Å². The molecule has 0 heterocycles. The van der Waals surface area contributed by atoms with Crippen LogP contribution in [0.4, 0.5) is 0 Å². The van der Waals surface area contributed by atoms with Crippen molar-refractivity contribution in [2.45, 2.75) is 0 Å². The molecule has 0 aliphatic heterocycles. The monoisotopic (exact) mass is 380 g/mol. The van der Waals surface area contributed by atoms with Crippen LogP contribution < -0.4 is 4.74 Å². The van der Waals surface area contributed by atoms with Gasteiger partial charge in [0.05, 0.1) is 39.6 Å². The maximum atomic E-state index is 5.49. The Balaban J connectivity index is 1.79. The second-order valence-corrected chi connectivity index (χ2v) is 4.77. The van der Waals surface area contributed by atoms with Gasteiger partial charge in [-0.1, -0.05) is 40.8 Å². The number of alkyl halides is 1. The van der Waals surface area contributed by atoms with Gasteiger partial charge in [0, 0.05) is 4.43 Å². The van der Waals surface area contributed by atoms with E-state index in [0.29, 0.717) is 39.6 Å². The van der Waals surface area contributed by atoms with Crippen molar-refractivity contribution in [3.05, 3.63) is 30.3 Å². The summed E-state index contributed by atoms with van der Waals surface area (Å²) < 4.78 is 22.5. The minimum atomic E-state index is 0.558. The van der Waals surface area contributed by atoms with Gasteiger partial charge in [-0.15, -0.1) is 0 Å². The zero-order valence-electron chi connectivity index (χ0n) is 11.1. The Morgan fingerprint density at radius 1 is 0.684 bits per heavy atom. The SMILES string of the molecule is ICCOCCOCCOCCOc1ccccc1. The van der Waals surface area contributed by atoms with Crippen molar-refractivity contribution in [1.29, 1.82) is 0 Å². The molecule has 108 valence electrons. The van der Waals surface area contributed by atoms with Crippen molar-refractivity contribution >= 4 is 22.6 Å². The summed E-state index contributed by atoms with van der Waals surface area (Å²) in [5.41, 5.74) is 0. The van der Waals surface area contributed by atoms with E-state index < -0.39 is 0 Å². The molecule has 5 heteroatoms. The second kappa shape index (κ2) is 12.7. The summed E-state index contributed by atoms with van der Waals surface area (Å²) in [4.78, 5) is 0. The zero-order valence-corrected chi connectivity index (χ0v) is 13.2. The summed E-state index contributed by atoms with van der Waals surface area (Å²) in [6, 6.07) is 9.72. The molecule has 0 fully saturated rings. The molecule has 19 heavy (non-hydrogen) atoms. The molecule has 0 aliphatic rings. The predicted octanol–water partition coefficient (Wildman–Crippen LogP) is 2.55. The molecule has 0 aromatic heterocycles. The largest absolute Gasteiger partial charge is 0.491 e. The lowest BCUT2D eigenvalue weighted by atomic mass is 10.3. The van der Waals surface area contributed by atoms with Gasteiger partial charge in [0.15, 0.2) is 0 Å². The van der Waals surface area contributed by atoms with Crippen LogP contribution in [0.5, 0.6) is 5.75 Å². The Bertz CT molecular complexity index is 295. The molecule has 0 radical (unpaired) electrons. The fraction of sp³-hybridized carbons (Fsp3) is 0.571. The highest BCUT2D eigenvalue weighted by molar-refractivity contribution is 14.1. The van der Waals surface area contributed by atoms with Crippen LogP contribution in [0.1, 0.15) is 0 Å². The Morgan fingerprint density at radius 3 is 1.79 bits per heavy atom. The molecule has 0 aliphatic carbocycles. The minimum absolute atomic E-state index is 0.558. The van der Waals surface area contributed by atoms with E-state index in [1.165, 1.54) is 0 Å².